The molecule has 3 heterocycles. The van der Waals surface area contributed by atoms with Gasteiger partial charge in [-0.2, -0.15) is 5.10 Å². The molecule has 0 bridgehead atoms. The molecule has 10 heteroatoms. The molecule has 9 nitrogen and oxygen atoms in total. The minimum absolute atomic E-state index is 0.0469. The van der Waals surface area contributed by atoms with E-state index in [9.17, 15) is 14.9 Å². The number of aromatic nitrogens is 3. The fourth-order valence-electron chi connectivity index (χ4n) is 4.62. The van der Waals surface area contributed by atoms with Gasteiger partial charge in [0.1, 0.15) is 5.69 Å². The molecule has 3 aromatic rings. The number of hydrogen-bond acceptors (Lipinski definition) is 7. The molecule has 0 radical (unpaired) electrons. The first-order chi connectivity index (χ1) is 16.3. The summed E-state index contributed by atoms with van der Waals surface area (Å²) in [5, 5.41) is 18.7. The molecule has 0 atom stereocenters. The molecule has 180 valence electrons. The number of rotatable bonds is 7. The second-order valence-corrected chi connectivity index (χ2v) is 9.41. The minimum atomic E-state index is -0.520. The largest absolute Gasteiger partial charge is 0.372 e. The van der Waals surface area contributed by atoms with Crippen LogP contribution in [0.15, 0.2) is 29.6 Å². The van der Waals surface area contributed by atoms with Gasteiger partial charge in [0.05, 0.1) is 15.6 Å². The van der Waals surface area contributed by atoms with Crippen molar-refractivity contribution < 1.29 is 9.72 Å². The molecular formula is C24H30N6O3S. The average Bonchev–Trinajstić information content (AvgIpc) is 3.44. The first kappa shape index (κ1) is 23.9. The minimum Gasteiger partial charge on any atom is -0.372 e. The lowest BCUT2D eigenvalue weighted by atomic mass is 9.97. The van der Waals surface area contributed by atoms with Crippen LogP contribution in [0, 0.1) is 17.0 Å². The molecule has 1 amide bonds. The number of piperidine rings is 1. The van der Waals surface area contributed by atoms with Crippen LogP contribution in [0.5, 0.6) is 0 Å². The second kappa shape index (κ2) is 9.92. The van der Waals surface area contributed by atoms with Crippen LogP contribution in [0.2, 0.25) is 0 Å². The molecule has 0 unspecified atom stereocenters. The lowest BCUT2D eigenvalue weighted by Crippen LogP contribution is -2.39. The molecule has 1 aliphatic heterocycles. The number of nitro groups is 1. The number of amides is 1. The summed E-state index contributed by atoms with van der Waals surface area (Å²) < 4.78 is 1.32. The number of benzene rings is 1. The quantitative estimate of drug-likeness (QED) is 0.360. The van der Waals surface area contributed by atoms with E-state index < -0.39 is 4.92 Å². The monoisotopic (exact) mass is 482 g/mol. The average molecular weight is 483 g/mol. The fraction of sp³-hybridized carbons (Fsp3) is 0.458. The van der Waals surface area contributed by atoms with Gasteiger partial charge in [-0.15, -0.1) is 11.3 Å². The number of likely N-dealkylation sites (tertiary alicyclic amines) is 1. The molecule has 1 fully saturated rings. The zero-order valence-electron chi connectivity index (χ0n) is 20.0. The normalized spacial score (nSPS) is 14.4. The molecular weight excluding hydrogens is 452 g/mol. The first-order valence-electron chi connectivity index (χ1n) is 11.6. The molecule has 0 saturated carbocycles. The highest BCUT2D eigenvalue weighted by atomic mass is 32.1. The van der Waals surface area contributed by atoms with Gasteiger partial charge in [-0.3, -0.25) is 19.6 Å². The first-order valence-corrected chi connectivity index (χ1v) is 12.5. The van der Waals surface area contributed by atoms with Gasteiger partial charge in [-0.25, -0.2) is 4.98 Å². The van der Waals surface area contributed by atoms with Crippen molar-refractivity contribution in [2.75, 3.05) is 31.1 Å². The summed E-state index contributed by atoms with van der Waals surface area (Å²) in [6, 6.07) is 8.53. The molecule has 1 aromatic carbocycles. The van der Waals surface area contributed by atoms with Crippen LogP contribution in [0.4, 0.5) is 11.4 Å². The number of carbonyl (C=O) groups excluding carboxylic acids is 1. The lowest BCUT2D eigenvalue weighted by Gasteiger charge is -2.30. The summed E-state index contributed by atoms with van der Waals surface area (Å²) in [4.78, 5) is 32.9. The Morgan fingerprint density at radius 1 is 1.21 bits per heavy atom. The highest BCUT2D eigenvalue weighted by Crippen LogP contribution is 2.34. The lowest BCUT2D eigenvalue weighted by molar-refractivity contribution is -0.385. The van der Waals surface area contributed by atoms with Crippen molar-refractivity contribution in [1.82, 2.24) is 19.7 Å². The zero-order valence-corrected chi connectivity index (χ0v) is 20.8. The van der Waals surface area contributed by atoms with E-state index in [2.05, 4.69) is 53.5 Å². The van der Waals surface area contributed by atoms with Crippen LogP contribution >= 0.6 is 11.3 Å². The standard InChI is InChI=1S/C24H30N6O3S/c1-5-28(6-2)19-9-7-17(8-10-19)20-15-34-23(25-20)18-11-13-29(14-12-18)24(31)22-21(30(32)33)16(3)26-27(22)4/h7-10,15,18H,5-6,11-14H2,1-4H3. The van der Waals surface area contributed by atoms with Gasteiger partial charge in [-0.05, 0) is 45.7 Å². The molecule has 0 spiro atoms. The molecule has 0 aliphatic carbocycles. The van der Waals surface area contributed by atoms with E-state index in [0.29, 0.717) is 13.1 Å². The van der Waals surface area contributed by atoms with Crippen LogP contribution in [-0.2, 0) is 7.05 Å². The van der Waals surface area contributed by atoms with Gasteiger partial charge < -0.3 is 9.80 Å². The number of carbonyl (C=O) groups is 1. The maximum absolute atomic E-state index is 13.1. The summed E-state index contributed by atoms with van der Waals surface area (Å²) >= 11 is 1.66. The third-order valence-corrected chi connectivity index (χ3v) is 7.53. The van der Waals surface area contributed by atoms with Crippen molar-refractivity contribution in [3.05, 3.63) is 56.2 Å². The number of thiazole rings is 1. The Bertz CT molecular complexity index is 1170. The number of hydrogen-bond donors (Lipinski definition) is 0. The molecule has 34 heavy (non-hydrogen) atoms. The predicted octanol–water partition coefficient (Wildman–Crippen LogP) is 4.63. The zero-order chi connectivity index (χ0) is 24.4. The van der Waals surface area contributed by atoms with Gasteiger partial charge in [0.15, 0.2) is 0 Å². The Hall–Kier alpha value is -3.27. The summed E-state index contributed by atoms with van der Waals surface area (Å²) in [5.41, 5.74) is 3.39. The third kappa shape index (κ3) is 4.54. The van der Waals surface area contributed by atoms with Gasteiger partial charge in [0.25, 0.3) is 5.91 Å². The van der Waals surface area contributed by atoms with Crippen molar-refractivity contribution in [2.24, 2.45) is 7.05 Å². The summed E-state index contributed by atoms with van der Waals surface area (Å²) in [7, 11) is 1.58. The highest BCUT2D eigenvalue weighted by molar-refractivity contribution is 7.10. The van der Waals surface area contributed by atoms with Gasteiger partial charge in [-0.1, -0.05) is 12.1 Å². The Morgan fingerprint density at radius 3 is 2.44 bits per heavy atom. The summed E-state index contributed by atoms with van der Waals surface area (Å²) in [6.45, 7) is 8.90. The third-order valence-electron chi connectivity index (χ3n) is 6.52. The smallest absolute Gasteiger partial charge is 0.322 e. The summed E-state index contributed by atoms with van der Waals surface area (Å²) in [5.74, 6) is -0.0534. The Labute approximate surface area is 203 Å². The number of anilines is 1. The second-order valence-electron chi connectivity index (χ2n) is 8.52. The van der Waals surface area contributed by atoms with E-state index in [1.807, 2.05) is 0 Å². The molecule has 1 aliphatic rings. The number of aryl methyl sites for hydroxylation is 2. The van der Waals surface area contributed by atoms with E-state index >= 15 is 0 Å². The molecule has 2 aromatic heterocycles. The van der Waals surface area contributed by atoms with Crippen molar-refractivity contribution in [1.29, 1.82) is 0 Å². The van der Waals surface area contributed by atoms with Crippen LogP contribution in [0.25, 0.3) is 11.3 Å². The number of nitrogens with zero attached hydrogens (tertiary/aromatic N) is 6. The maximum atomic E-state index is 13.1. The van der Waals surface area contributed by atoms with E-state index in [0.717, 1.165) is 42.2 Å². The SMILES string of the molecule is CCN(CC)c1ccc(-c2csc(C3CCN(C(=O)c4c([N+](=O)[O-])c(C)nn4C)CC3)n2)cc1. The van der Waals surface area contributed by atoms with Crippen molar-refractivity contribution in [3.63, 3.8) is 0 Å². The van der Waals surface area contributed by atoms with E-state index in [4.69, 9.17) is 4.98 Å². The fourth-order valence-corrected chi connectivity index (χ4v) is 5.62. The predicted molar refractivity (Wildman–Crippen MR) is 134 cm³/mol. The van der Waals surface area contributed by atoms with Crippen molar-refractivity contribution in [3.8, 4) is 11.3 Å². The summed E-state index contributed by atoms with van der Waals surface area (Å²) in [6.07, 6.45) is 1.56. The van der Waals surface area contributed by atoms with Gasteiger partial charge in [0.2, 0.25) is 5.69 Å². The Kier molecular flexibility index (Phi) is 6.97. The van der Waals surface area contributed by atoms with Gasteiger partial charge >= 0.3 is 5.69 Å². The maximum Gasteiger partial charge on any atom is 0.322 e. The van der Waals surface area contributed by atoms with Crippen molar-refractivity contribution >= 4 is 28.6 Å². The van der Waals surface area contributed by atoms with Crippen LogP contribution in [0.1, 0.15) is 53.8 Å². The Balaban J connectivity index is 1.42. The van der Waals surface area contributed by atoms with Crippen LogP contribution in [-0.4, -0.2) is 56.7 Å². The van der Waals surface area contributed by atoms with Crippen LogP contribution < -0.4 is 4.90 Å². The molecule has 1 saturated heterocycles. The van der Waals surface area contributed by atoms with E-state index in [-0.39, 0.29) is 28.9 Å². The van der Waals surface area contributed by atoms with Crippen LogP contribution in [0.3, 0.4) is 0 Å². The molecule has 4 rings (SSSR count). The highest BCUT2D eigenvalue weighted by Gasteiger charge is 2.34. The van der Waals surface area contributed by atoms with E-state index in [1.54, 1.807) is 30.2 Å². The topological polar surface area (TPSA) is 97.4 Å². The molecule has 0 N–H and O–H groups in total. The van der Waals surface area contributed by atoms with E-state index in [1.165, 1.54) is 10.4 Å². The van der Waals surface area contributed by atoms with Crippen molar-refractivity contribution in [2.45, 2.75) is 39.5 Å². The van der Waals surface area contributed by atoms with Gasteiger partial charge in [0, 0.05) is 55.8 Å². The Morgan fingerprint density at radius 2 is 1.85 bits per heavy atom.